The second-order valence-corrected chi connectivity index (χ2v) is 8.01. The van der Waals surface area contributed by atoms with Gasteiger partial charge >= 0.3 is 0 Å². The molecule has 1 aliphatic rings. The van der Waals surface area contributed by atoms with Gasteiger partial charge in [0.1, 0.15) is 11.2 Å². The minimum atomic E-state index is -3.04. The average Bonchev–Trinajstić information content (AvgIpc) is 3.17. The van der Waals surface area contributed by atoms with Crippen LogP contribution in [0.25, 0.3) is 0 Å². The molecule has 1 aromatic carbocycles. The zero-order valence-electron chi connectivity index (χ0n) is 16.5. The normalized spacial score (nSPS) is 15.5. The molecule has 1 fully saturated rings. The van der Waals surface area contributed by atoms with E-state index in [0.29, 0.717) is 12.2 Å². The summed E-state index contributed by atoms with van der Waals surface area (Å²) in [6, 6.07) is 2.82. The number of aromatic nitrogens is 2. The van der Waals surface area contributed by atoms with Gasteiger partial charge in [0.2, 0.25) is 5.91 Å². The van der Waals surface area contributed by atoms with Crippen LogP contribution in [0.2, 0.25) is 0 Å². The second-order valence-electron chi connectivity index (χ2n) is 6.92. The SMILES string of the molecule is NC(=O)C1(C(=O)CCCSc2nonc2C(=Nc2ccc(F)c(C(F)F)c2)NO)CNC1. The minimum Gasteiger partial charge on any atom is -0.369 e. The van der Waals surface area contributed by atoms with Gasteiger partial charge in [0.25, 0.3) is 6.43 Å². The van der Waals surface area contributed by atoms with Gasteiger partial charge in [-0.25, -0.2) is 22.8 Å². The first kappa shape index (κ1) is 23.7. The van der Waals surface area contributed by atoms with Gasteiger partial charge in [-0.3, -0.25) is 20.3 Å². The summed E-state index contributed by atoms with van der Waals surface area (Å²) >= 11 is 1.14. The minimum absolute atomic E-state index is 0.0106. The summed E-state index contributed by atoms with van der Waals surface area (Å²) in [5.74, 6) is -1.84. The molecule has 10 nitrogen and oxygen atoms in total. The first-order chi connectivity index (χ1) is 15.3. The Hall–Kier alpha value is -2.97. The summed E-state index contributed by atoms with van der Waals surface area (Å²) in [6.45, 7) is 0.453. The standard InChI is InChI=1S/C18H19F3N6O4S/c19-11-4-3-9(6-10(11)14(20)21)24-15(25-30)13-16(27-31-26-13)32-5-1-2-12(28)18(17(22)29)7-23-8-18/h3-4,6,14,23,30H,1-2,5,7-8H2,(H2,22,29)(H,24,25). The summed E-state index contributed by atoms with van der Waals surface area (Å²) in [5, 5.41) is 19.8. The van der Waals surface area contributed by atoms with Gasteiger partial charge in [-0.05, 0) is 34.9 Å². The molecule has 0 unspecified atom stereocenters. The number of amides is 1. The topological polar surface area (TPSA) is 156 Å². The quantitative estimate of drug-likeness (QED) is 0.101. The van der Waals surface area contributed by atoms with E-state index in [1.165, 1.54) is 0 Å². The van der Waals surface area contributed by atoms with Crippen LogP contribution in [-0.2, 0) is 9.59 Å². The molecule has 172 valence electrons. The van der Waals surface area contributed by atoms with Crippen LogP contribution in [0.1, 0.15) is 30.5 Å². The number of ketones is 1. The highest BCUT2D eigenvalue weighted by molar-refractivity contribution is 7.99. The van der Waals surface area contributed by atoms with E-state index in [1.54, 1.807) is 5.48 Å². The number of halogens is 3. The van der Waals surface area contributed by atoms with E-state index in [1.807, 2.05) is 0 Å². The fourth-order valence-electron chi connectivity index (χ4n) is 2.97. The van der Waals surface area contributed by atoms with E-state index >= 15 is 0 Å². The Balaban J connectivity index is 1.65. The fraction of sp³-hybridized carbons (Fsp3) is 0.389. The number of aliphatic imine (C=N–C) groups is 1. The van der Waals surface area contributed by atoms with Crippen molar-refractivity contribution in [2.75, 3.05) is 18.8 Å². The monoisotopic (exact) mass is 472 g/mol. The average molecular weight is 472 g/mol. The molecule has 0 radical (unpaired) electrons. The Morgan fingerprint density at radius 1 is 1.38 bits per heavy atom. The number of rotatable bonds is 10. The third-order valence-electron chi connectivity index (χ3n) is 4.89. The number of hydrogen-bond acceptors (Lipinski definition) is 9. The number of amidine groups is 1. The number of hydroxylamine groups is 1. The van der Waals surface area contributed by atoms with Crippen molar-refractivity contribution in [2.24, 2.45) is 16.1 Å². The third-order valence-corrected chi connectivity index (χ3v) is 5.92. The number of alkyl halides is 2. The number of carbonyl (C=O) groups is 2. The number of nitrogens with zero attached hydrogens (tertiary/aromatic N) is 3. The lowest BCUT2D eigenvalue weighted by molar-refractivity contribution is -0.143. The number of benzene rings is 1. The van der Waals surface area contributed by atoms with Crippen molar-refractivity contribution in [3.05, 3.63) is 35.3 Å². The van der Waals surface area contributed by atoms with Gasteiger partial charge in [0.05, 0.1) is 11.3 Å². The highest BCUT2D eigenvalue weighted by atomic mass is 32.2. The number of hydrogen-bond donors (Lipinski definition) is 4. The van der Waals surface area contributed by atoms with Crippen LogP contribution in [0.5, 0.6) is 0 Å². The number of nitrogens with two attached hydrogens (primary N) is 1. The van der Waals surface area contributed by atoms with E-state index in [2.05, 4.69) is 25.3 Å². The lowest BCUT2D eigenvalue weighted by Crippen LogP contribution is -2.64. The number of nitrogens with one attached hydrogen (secondary N) is 2. The van der Waals surface area contributed by atoms with Crippen molar-refractivity contribution in [3.63, 3.8) is 0 Å². The molecule has 5 N–H and O–H groups in total. The summed E-state index contributed by atoms with van der Waals surface area (Å²) < 4.78 is 43.9. The molecular formula is C18H19F3N6O4S. The molecule has 1 amide bonds. The summed E-state index contributed by atoms with van der Waals surface area (Å²) in [7, 11) is 0. The summed E-state index contributed by atoms with van der Waals surface area (Å²) in [4.78, 5) is 27.9. The van der Waals surface area contributed by atoms with Gasteiger partial charge in [-0.15, -0.1) is 11.8 Å². The van der Waals surface area contributed by atoms with Crippen molar-refractivity contribution in [3.8, 4) is 0 Å². The van der Waals surface area contributed by atoms with Crippen LogP contribution < -0.4 is 16.5 Å². The Morgan fingerprint density at radius 2 is 2.12 bits per heavy atom. The third kappa shape index (κ3) is 4.92. The molecule has 0 saturated carbocycles. The lowest BCUT2D eigenvalue weighted by atomic mass is 9.75. The molecule has 0 bridgehead atoms. The fourth-order valence-corrected chi connectivity index (χ4v) is 3.81. The van der Waals surface area contributed by atoms with E-state index < -0.39 is 29.1 Å². The maximum atomic E-state index is 13.5. The molecule has 2 heterocycles. The Bertz CT molecular complexity index is 1030. The largest absolute Gasteiger partial charge is 0.369 e. The van der Waals surface area contributed by atoms with E-state index in [-0.39, 0.29) is 47.5 Å². The van der Waals surface area contributed by atoms with Crippen LogP contribution in [0.15, 0.2) is 32.8 Å². The van der Waals surface area contributed by atoms with Crippen molar-refractivity contribution < 1.29 is 32.6 Å². The summed E-state index contributed by atoms with van der Waals surface area (Å²) in [5.41, 5.74) is 5.07. The first-order valence-corrected chi connectivity index (χ1v) is 10.3. The van der Waals surface area contributed by atoms with Crippen molar-refractivity contribution in [2.45, 2.75) is 24.3 Å². The second kappa shape index (κ2) is 10.1. The molecular weight excluding hydrogens is 453 g/mol. The Morgan fingerprint density at radius 3 is 2.72 bits per heavy atom. The van der Waals surface area contributed by atoms with Crippen LogP contribution in [0, 0.1) is 11.2 Å². The molecule has 0 atom stereocenters. The van der Waals surface area contributed by atoms with Crippen molar-refractivity contribution >= 4 is 35.0 Å². The smallest absolute Gasteiger partial charge is 0.266 e. The molecule has 0 aliphatic carbocycles. The highest BCUT2D eigenvalue weighted by Crippen LogP contribution is 2.29. The van der Waals surface area contributed by atoms with E-state index in [9.17, 15) is 28.0 Å². The molecule has 1 aromatic heterocycles. The maximum Gasteiger partial charge on any atom is 0.266 e. The molecule has 1 aliphatic heterocycles. The molecule has 0 spiro atoms. The Labute approximate surface area is 183 Å². The van der Waals surface area contributed by atoms with Crippen LogP contribution in [-0.4, -0.2) is 51.9 Å². The van der Waals surface area contributed by atoms with Crippen molar-refractivity contribution in [1.82, 2.24) is 21.1 Å². The zero-order chi connectivity index (χ0) is 23.3. The van der Waals surface area contributed by atoms with E-state index in [4.69, 9.17) is 5.73 Å². The Kier molecular flexibility index (Phi) is 7.48. The number of carbonyl (C=O) groups excluding carboxylic acids is 2. The zero-order valence-corrected chi connectivity index (χ0v) is 17.3. The van der Waals surface area contributed by atoms with Crippen molar-refractivity contribution in [1.29, 1.82) is 0 Å². The van der Waals surface area contributed by atoms with E-state index in [0.717, 1.165) is 30.0 Å². The number of Topliss-reactive ketones (excluding diaryl/α,β-unsaturated/α-hetero) is 1. The molecule has 2 aromatic rings. The van der Waals surface area contributed by atoms with Crippen LogP contribution in [0.4, 0.5) is 18.9 Å². The molecule has 3 rings (SSSR count). The summed E-state index contributed by atoms with van der Waals surface area (Å²) in [6.07, 6.45) is -2.51. The predicted octanol–water partition coefficient (Wildman–Crippen LogP) is 1.72. The molecule has 14 heteroatoms. The highest BCUT2D eigenvalue weighted by Gasteiger charge is 2.48. The molecule has 1 saturated heterocycles. The first-order valence-electron chi connectivity index (χ1n) is 9.34. The lowest BCUT2D eigenvalue weighted by Gasteiger charge is -2.38. The maximum absolute atomic E-state index is 13.5. The van der Waals surface area contributed by atoms with Gasteiger partial charge < -0.3 is 11.1 Å². The number of primary amides is 1. The van der Waals surface area contributed by atoms with Gasteiger partial charge in [0, 0.05) is 25.3 Å². The van der Waals surface area contributed by atoms with Gasteiger partial charge in [-0.2, -0.15) is 0 Å². The van der Waals surface area contributed by atoms with Gasteiger partial charge in [-0.1, -0.05) is 0 Å². The van der Waals surface area contributed by atoms with Crippen LogP contribution >= 0.6 is 11.8 Å². The predicted molar refractivity (Wildman–Crippen MR) is 106 cm³/mol. The number of thioether (sulfide) groups is 1. The van der Waals surface area contributed by atoms with Crippen LogP contribution in [0.3, 0.4) is 0 Å². The molecule has 32 heavy (non-hydrogen) atoms. The van der Waals surface area contributed by atoms with Gasteiger partial charge in [0.15, 0.2) is 22.3 Å².